The Balaban J connectivity index is 2.11. The third kappa shape index (κ3) is 1.41. The second-order valence-electron chi connectivity index (χ2n) is 4.96. The van der Waals surface area contributed by atoms with E-state index < -0.39 is 14.6 Å². The Labute approximate surface area is 109 Å². The normalized spacial score (nSPS) is 30.4. The summed E-state index contributed by atoms with van der Waals surface area (Å²) < 4.78 is 30.7. The first kappa shape index (κ1) is 11.5. The Morgan fingerprint density at radius 1 is 1.35 bits per heavy atom. The molecule has 0 spiro atoms. The Hall–Kier alpha value is -0.550. The molecule has 3 fully saturated rings. The van der Waals surface area contributed by atoms with Gasteiger partial charge in [-0.3, -0.25) is 0 Å². The highest BCUT2D eigenvalue weighted by molar-refractivity contribution is 9.10. The maximum atomic E-state index is 12.6. The third-order valence-corrected chi connectivity index (χ3v) is 7.00. The van der Waals surface area contributed by atoms with Gasteiger partial charge in [-0.1, -0.05) is 15.9 Å². The number of hydrogen-bond acceptors (Lipinski definition) is 3. The lowest BCUT2D eigenvalue weighted by atomic mass is 9.55. The summed E-state index contributed by atoms with van der Waals surface area (Å²) in [5, 5.41) is 0. The van der Waals surface area contributed by atoms with E-state index in [9.17, 15) is 8.42 Å². The van der Waals surface area contributed by atoms with Crippen molar-refractivity contribution in [3.05, 3.63) is 22.7 Å². The summed E-state index contributed by atoms with van der Waals surface area (Å²) in [6.07, 6.45) is 2.47. The minimum atomic E-state index is -3.26. The zero-order valence-electron chi connectivity index (χ0n) is 9.44. The van der Waals surface area contributed by atoms with Crippen molar-refractivity contribution in [3.63, 3.8) is 0 Å². The lowest BCUT2D eigenvalue weighted by Gasteiger charge is -2.60. The van der Waals surface area contributed by atoms with Crippen LogP contribution in [0, 0.1) is 5.92 Å². The summed E-state index contributed by atoms with van der Waals surface area (Å²) in [5.41, 5.74) is 0. The molecule has 0 saturated heterocycles. The van der Waals surface area contributed by atoms with Crippen LogP contribution in [0.4, 0.5) is 0 Å². The van der Waals surface area contributed by atoms with Gasteiger partial charge in [0.15, 0.2) is 9.84 Å². The molecule has 0 aromatic heterocycles. The molecule has 92 valence electrons. The standard InChI is InChI=1S/C12H13BrO3S/c1-16-10-3-2-9(13)4-11(10)17(14,15)12-5-8(6-12)7-12/h2-4,8H,5-7H2,1H3. The molecule has 3 nitrogen and oxygen atoms in total. The zero-order valence-corrected chi connectivity index (χ0v) is 11.8. The molecule has 0 N–H and O–H groups in total. The van der Waals surface area contributed by atoms with Gasteiger partial charge in [0, 0.05) is 4.47 Å². The van der Waals surface area contributed by atoms with E-state index in [-0.39, 0.29) is 0 Å². The van der Waals surface area contributed by atoms with Crippen LogP contribution in [0.25, 0.3) is 0 Å². The highest BCUT2D eigenvalue weighted by Gasteiger charge is 2.65. The fraction of sp³-hybridized carbons (Fsp3) is 0.500. The molecule has 4 rings (SSSR count). The molecule has 0 heterocycles. The van der Waals surface area contributed by atoms with E-state index in [0.717, 1.165) is 23.7 Å². The monoisotopic (exact) mass is 316 g/mol. The molecule has 3 aliphatic carbocycles. The van der Waals surface area contributed by atoms with E-state index in [1.807, 2.05) is 0 Å². The lowest BCUT2D eigenvalue weighted by Crippen LogP contribution is -2.62. The molecule has 0 atom stereocenters. The maximum Gasteiger partial charge on any atom is 0.187 e. The number of methoxy groups -OCH3 is 1. The zero-order chi connectivity index (χ0) is 12.3. The number of ether oxygens (including phenoxy) is 1. The smallest absolute Gasteiger partial charge is 0.187 e. The van der Waals surface area contributed by atoms with Crippen LogP contribution in [0.1, 0.15) is 19.3 Å². The average molecular weight is 317 g/mol. The number of sulfone groups is 1. The summed E-state index contributed by atoms with van der Waals surface area (Å²) in [7, 11) is -1.75. The first-order valence-electron chi connectivity index (χ1n) is 5.57. The summed E-state index contributed by atoms with van der Waals surface area (Å²) in [4.78, 5) is 0.326. The minimum absolute atomic E-state index is 0.326. The molecule has 2 bridgehead atoms. The highest BCUT2D eigenvalue weighted by atomic mass is 79.9. The lowest BCUT2D eigenvalue weighted by molar-refractivity contribution is 0.0482. The second-order valence-corrected chi connectivity index (χ2v) is 8.19. The predicted octanol–water partition coefficient (Wildman–Crippen LogP) is 2.78. The van der Waals surface area contributed by atoms with E-state index in [0.29, 0.717) is 16.6 Å². The minimum Gasteiger partial charge on any atom is -0.495 e. The van der Waals surface area contributed by atoms with Crippen molar-refractivity contribution in [2.45, 2.75) is 28.9 Å². The van der Waals surface area contributed by atoms with Crippen LogP contribution in [-0.4, -0.2) is 20.3 Å². The molecular weight excluding hydrogens is 304 g/mol. The number of hydrogen-bond donors (Lipinski definition) is 0. The van der Waals surface area contributed by atoms with Crippen molar-refractivity contribution in [2.24, 2.45) is 5.92 Å². The van der Waals surface area contributed by atoms with Crippen LogP contribution in [0.2, 0.25) is 0 Å². The molecule has 0 radical (unpaired) electrons. The van der Waals surface area contributed by atoms with Crippen molar-refractivity contribution < 1.29 is 13.2 Å². The van der Waals surface area contributed by atoms with E-state index in [2.05, 4.69) is 15.9 Å². The van der Waals surface area contributed by atoms with Crippen molar-refractivity contribution >= 4 is 25.8 Å². The molecular formula is C12H13BrO3S. The quantitative estimate of drug-likeness (QED) is 0.861. The van der Waals surface area contributed by atoms with Gasteiger partial charge in [-0.2, -0.15) is 0 Å². The van der Waals surface area contributed by atoms with Gasteiger partial charge < -0.3 is 4.74 Å². The molecule has 3 saturated carbocycles. The van der Waals surface area contributed by atoms with Gasteiger partial charge in [0.2, 0.25) is 0 Å². The highest BCUT2D eigenvalue weighted by Crippen LogP contribution is 2.63. The third-order valence-electron chi connectivity index (χ3n) is 3.97. The predicted molar refractivity (Wildman–Crippen MR) is 68.0 cm³/mol. The fourth-order valence-corrected chi connectivity index (χ4v) is 5.86. The van der Waals surface area contributed by atoms with Crippen LogP contribution in [0.15, 0.2) is 27.6 Å². The largest absolute Gasteiger partial charge is 0.495 e. The Morgan fingerprint density at radius 3 is 2.47 bits per heavy atom. The molecule has 0 aliphatic heterocycles. The molecule has 0 amide bonds. The molecule has 1 aromatic rings. The number of benzene rings is 1. The van der Waals surface area contributed by atoms with Gasteiger partial charge >= 0.3 is 0 Å². The Morgan fingerprint density at radius 2 is 2.00 bits per heavy atom. The van der Waals surface area contributed by atoms with Crippen LogP contribution < -0.4 is 4.74 Å². The van der Waals surface area contributed by atoms with Crippen molar-refractivity contribution in [1.29, 1.82) is 0 Å². The summed E-state index contributed by atoms with van der Waals surface area (Å²) in [6, 6.07) is 5.14. The van der Waals surface area contributed by atoms with Gasteiger partial charge in [-0.25, -0.2) is 8.42 Å². The van der Waals surface area contributed by atoms with Crippen LogP contribution in [0.5, 0.6) is 5.75 Å². The fourth-order valence-electron chi connectivity index (χ4n) is 2.82. The topological polar surface area (TPSA) is 43.4 Å². The van der Waals surface area contributed by atoms with E-state index in [1.54, 1.807) is 18.2 Å². The van der Waals surface area contributed by atoms with E-state index in [1.165, 1.54) is 7.11 Å². The first-order chi connectivity index (χ1) is 7.98. The van der Waals surface area contributed by atoms with Gasteiger partial charge in [-0.05, 0) is 43.4 Å². The molecule has 1 aromatic carbocycles. The van der Waals surface area contributed by atoms with Gasteiger partial charge in [0.1, 0.15) is 10.6 Å². The van der Waals surface area contributed by atoms with Crippen LogP contribution in [-0.2, 0) is 9.84 Å². The van der Waals surface area contributed by atoms with Crippen molar-refractivity contribution in [2.75, 3.05) is 7.11 Å². The first-order valence-corrected chi connectivity index (χ1v) is 7.84. The number of rotatable bonds is 3. The van der Waals surface area contributed by atoms with E-state index >= 15 is 0 Å². The molecule has 0 unspecified atom stereocenters. The Kier molecular flexibility index (Phi) is 2.36. The van der Waals surface area contributed by atoms with E-state index in [4.69, 9.17) is 4.74 Å². The number of halogens is 1. The van der Waals surface area contributed by atoms with Gasteiger partial charge in [0.05, 0.1) is 11.9 Å². The van der Waals surface area contributed by atoms with Crippen molar-refractivity contribution in [3.8, 4) is 5.75 Å². The summed E-state index contributed by atoms with van der Waals surface area (Å²) in [6.45, 7) is 0. The molecule has 5 heteroatoms. The van der Waals surface area contributed by atoms with Crippen molar-refractivity contribution in [1.82, 2.24) is 0 Å². The Bertz CT molecular complexity index is 562. The van der Waals surface area contributed by atoms with Crippen LogP contribution >= 0.6 is 15.9 Å². The van der Waals surface area contributed by atoms with Crippen LogP contribution in [0.3, 0.4) is 0 Å². The SMILES string of the molecule is COc1ccc(Br)cc1S(=O)(=O)C12CC(C1)C2. The average Bonchev–Trinajstić information content (AvgIpc) is 2.12. The summed E-state index contributed by atoms with van der Waals surface area (Å²) >= 11 is 3.32. The second kappa shape index (κ2) is 3.48. The maximum absolute atomic E-state index is 12.6. The van der Waals surface area contributed by atoms with Gasteiger partial charge in [0.25, 0.3) is 0 Å². The summed E-state index contributed by atoms with van der Waals surface area (Å²) in [5.74, 6) is 1.08. The van der Waals surface area contributed by atoms with Gasteiger partial charge in [-0.15, -0.1) is 0 Å². The molecule has 3 aliphatic rings. The molecule has 17 heavy (non-hydrogen) atoms.